The highest BCUT2D eigenvalue weighted by molar-refractivity contribution is 5.28. The Labute approximate surface area is 115 Å². The molecule has 2 rings (SSSR count). The fraction of sp³-hybridized carbons (Fsp3) is 0.714. The molecule has 0 bridgehead atoms. The third kappa shape index (κ3) is 4.44. The van der Waals surface area contributed by atoms with E-state index in [1.165, 1.54) is 12.8 Å². The number of hydrogen-bond acceptors (Lipinski definition) is 5. The summed E-state index contributed by atoms with van der Waals surface area (Å²) in [5, 5.41) is 3.27. The van der Waals surface area contributed by atoms with E-state index in [2.05, 4.69) is 27.1 Å². The van der Waals surface area contributed by atoms with E-state index < -0.39 is 0 Å². The van der Waals surface area contributed by atoms with E-state index in [4.69, 9.17) is 4.74 Å². The zero-order valence-electron chi connectivity index (χ0n) is 11.9. The average Bonchev–Trinajstić information content (AvgIpc) is 2.46. The molecule has 1 N–H and O–H groups in total. The molecule has 1 aliphatic heterocycles. The summed E-state index contributed by atoms with van der Waals surface area (Å²) in [6.07, 6.45) is 6.21. The van der Waals surface area contributed by atoms with Gasteiger partial charge in [-0.25, -0.2) is 9.97 Å². The SMILES string of the molecule is CCNCc1cnc(N(C)CC2CCCOC2)nc1. The Balaban J connectivity index is 1.85. The first-order valence-electron chi connectivity index (χ1n) is 7.10. The Morgan fingerprint density at radius 2 is 2.21 bits per heavy atom. The Kier molecular flexibility index (Phi) is 5.54. The zero-order chi connectivity index (χ0) is 13.5. The summed E-state index contributed by atoms with van der Waals surface area (Å²) >= 11 is 0. The number of ether oxygens (including phenoxy) is 1. The van der Waals surface area contributed by atoms with Crippen LogP contribution < -0.4 is 10.2 Å². The predicted octanol–water partition coefficient (Wildman–Crippen LogP) is 1.45. The molecule has 19 heavy (non-hydrogen) atoms. The van der Waals surface area contributed by atoms with Crippen molar-refractivity contribution in [2.45, 2.75) is 26.3 Å². The van der Waals surface area contributed by atoms with Gasteiger partial charge >= 0.3 is 0 Å². The summed E-state index contributed by atoms with van der Waals surface area (Å²) in [7, 11) is 2.05. The largest absolute Gasteiger partial charge is 0.381 e. The van der Waals surface area contributed by atoms with Crippen molar-refractivity contribution in [3.63, 3.8) is 0 Å². The number of anilines is 1. The lowest BCUT2D eigenvalue weighted by Crippen LogP contribution is -2.31. The van der Waals surface area contributed by atoms with Gasteiger partial charge in [-0.1, -0.05) is 6.92 Å². The summed E-state index contributed by atoms with van der Waals surface area (Å²) in [6, 6.07) is 0. The number of aromatic nitrogens is 2. The third-order valence-corrected chi connectivity index (χ3v) is 3.40. The van der Waals surface area contributed by atoms with Crippen LogP contribution in [0.1, 0.15) is 25.3 Å². The molecule has 106 valence electrons. The van der Waals surface area contributed by atoms with Crippen LogP contribution in [0.5, 0.6) is 0 Å². The van der Waals surface area contributed by atoms with E-state index in [0.29, 0.717) is 5.92 Å². The normalized spacial score (nSPS) is 19.4. The highest BCUT2D eigenvalue weighted by Crippen LogP contribution is 2.16. The molecular weight excluding hydrogens is 240 g/mol. The monoisotopic (exact) mass is 264 g/mol. The second-order valence-corrected chi connectivity index (χ2v) is 5.14. The lowest BCUT2D eigenvalue weighted by atomic mass is 10.0. The number of nitrogens with zero attached hydrogens (tertiary/aromatic N) is 3. The molecule has 1 aromatic heterocycles. The Bertz CT molecular complexity index is 362. The molecule has 1 atom stereocenters. The topological polar surface area (TPSA) is 50.3 Å². The van der Waals surface area contributed by atoms with E-state index in [1.54, 1.807) is 0 Å². The van der Waals surface area contributed by atoms with Crippen molar-refractivity contribution in [3.8, 4) is 0 Å². The predicted molar refractivity (Wildman–Crippen MR) is 76.2 cm³/mol. The van der Waals surface area contributed by atoms with Crippen molar-refractivity contribution in [3.05, 3.63) is 18.0 Å². The molecule has 0 aromatic carbocycles. The lowest BCUT2D eigenvalue weighted by Gasteiger charge is -2.27. The first kappa shape index (κ1) is 14.2. The van der Waals surface area contributed by atoms with Crippen LogP contribution in [0.3, 0.4) is 0 Å². The van der Waals surface area contributed by atoms with Crippen LogP contribution in [0, 0.1) is 5.92 Å². The average molecular weight is 264 g/mol. The highest BCUT2D eigenvalue weighted by Gasteiger charge is 2.17. The molecule has 5 heteroatoms. The Hall–Kier alpha value is -1.20. The van der Waals surface area contributed by atoms with Gasteiger partial charge in [-0.2, -0.15) is 0 Å². The maximum absolute atomic E-state index is 5.51. The second kappa shape index (κ2) is 7.40. The van der Waals surface area contributed by atoms with E-state index in [1.807, 2.05) is 19.4 Å². The van der Waals surface area contributed by atoms with E-state index in [0.717, 1.165) is 44.4 Å². The first-order valence-corrected chi connectivity index (χ1v) is 7.10. The lowest BCUT2D eigenvalue weighted by molar-refractivity contribution is 0.0575. The molecule has 0 spiro atoms. The summed E-state index contributed by atoms with van der Waals surface area (Å²) in [5.41, 5.74) is 1.12. The molecule has 1 saturated heterocycles. The summed E-state index contributed by atoms with van der Waals surface area (Å²) in [6.45, 7) is 6.63. The van der Waals surface area contributed by atoms with Gasteiger partial charge in [-0.05, 0) is 25.3 Å². The molecule has 5 nitrogen and oxygen atoms in total. The van der Waals surface area contributed by atoms with E-state index >= 15 is 0 Å². The van der Waals surface area contributed by atoms with Gasteiger partial charge in [0.2, 0.25) is 5.95 Å². The Morgan fingerprint density at radius 3 is 2.84 bits per heavy atom. The fourth-order valence-electron chi connectivity index (χ4n) is 2.33. The summed E-state index contributed by atoms with van der Waals surface area (Å²) in [5.74, 6) is 1.40. The van der Waals surface area contributed by atoms with Gasteiger partial charge in [-0.15, -0.1) is 0 Å². The molecule has 0 radical (unpaired) electrons. The molecule has 0 aliphatic carbocycles. The quantitative estimate of drug-likeness (QED) is 0.843. The summed E-state index contributed by atoms with van der Waals surface area (Å²) < 4.78 is 5.51. The van der Waals surface area contributed by atoms with Gasteiger partial charge < -0.3 is 15.0 Å². The van der Waals surface area contributed by atoms with Crippen molar-refractivity contribution < 1.29 is 4.74 Å². The van der Waals surface area contributed by atoms with Gasteiger partial charge in [0.25, 0.3) is 0 Å². The van der Waals surface area contributed by atoms with Gasteiger partial charge in [0, 0.05) is 44.7 Å². The molecule has 2 heterocycles. The minimum atomic E-state index is 0.601. The standard InChI is InChI=1S/C14H24N4O/c1-3-15-7-13-8-16-14(17-9-13)18(2)10-12-5-4-6-19-11-12/h8-9,12,15H,3-7,10-11H2,1-2H3. The smallest absolute Gasteiger partial charge is 0.225 e. The van der Waals surface area contributed by atoms with Crippen LogP contribution >= 0.6 is 0 Å². The minimum Gasteiger partial charge on any atom is -0.381 e. The van der Waals surface area contributed by atoms with Crippen LogP contribution in [0.25, 0.3) is 0 Å². The van der Waals surface area contributed by atoms with Crippen molar-refractivity contribution >= 4 is 5.95 Å². The highest BCUT2D eigenvalue weighted by atomic mass is 16.5. The zero-order valence-corrected chi connectivity index (χ0v) is 11.9. The maximum Gasteiger partial charge on any atom is 0.225 e. The molecule has 1 aromatic rings. The first-order chi connectivity index (χ1) is 9.29. The maximum atomic E-state index is 5.51. The van der Waals surface area contributed by atoms with Gasteiger partial charge in [-0.3, -0.25) is 0 Å². The molecule has 1 fully saturated rings. The van der Waals surface area contributed by atoms with Gasteiger partial charge in [0.15, 0.2) is 0 Å². The molecule has 0 saturated carbocycles. The van der Waals surface area contributed by atoms with Crippen molar-refractivity contribution in [1.82, 2.24) is 15.3 Å². The van der Waals surface area contributed by atoms with Crippen LogP contribution in [0.4, 0.5) is 5.95 Å². The van der Waals surface area contributed by atoms with E-state index in [9.17, 15) is 0 Å². The van der Waals surface area contributed by atoms with Crippen molar-refractivity contribution in [1.29, 1.82) is 0 Å². The third-order valence-electron chi connectivity index (χ3n) is 3.40. The number of hydrogen-bond donors (Lipinski definition) is 1. The second-order valence-electron chi connectivity index (χ2n) is 5.14. The summed E-state index contributed by atoms with van der Waals surface area (Å²) in [4.78, 5) is 11.0. The Morgan fingerprint density at radius 1 is 1.42 bits per heavy atom. The minimum absolute atomic E-state index is 0.601. The molecule has 0 amide bonds. The van der Waals surface area contributed by atoms with Crippen molar-refractivity contribution in [2.75, 3.05) is 38.3 Å². The van der Waals surface area contributed by atoms with Crippen LogP contribution in [-0.4, -0.2) is 43.3 Å². The molecule has 1 unspecified atom stereocenters. The molecule has 1 aliphatic rings. The van der Waals surface area contributed by atoms with Gasteiger partial charge in [0.1, 0.15) is 0 Å². The van der Waals surface area contributed by atoms with Gasteiger partial charge in [0.05, 0.1) is 6.61 Å². The van der Waals surface area contributed by atoms with Crippen LogP contribution in [0.2, 0.25) is 0 Å². The van der Waals surface area contributed by atoms with Crippen molar-refractivity contribution in [2.24, 2.45) is 5.92 Å². The van der Waals surface area contributed by atoms with E-state index in [-0.39, 0.29) is 0 Å². The molecular formula is C14H24N4O. The fourth-order valence-corrected chi connectivity index (χ4v) is 2.33. The number of nitrogens with one attached hydrogen (secondary N) is 1. The van der Waals surface area contributed by atoms with Crippen LogP contribution in [-0.2, 0) is 11.3 Å². The van der Waals surface area contributed by atoms with Crippen LogP contribution in [0.15, 0.2) is 12.4 Å². The number of rotatable bonds is 6.